The predicted molar refractivity (Wildman–Crippen MR) is 115 cm³/mol. The maximum atomic E-state index is 12.2. The summed E-state index contributed by atoms with van der Waals surface area (Å²) in [5.41, 5.74) is 0.811. The molecule has 4 rings (SSSR count). The molecule has 2 fully saturated rings. The van der Waals surface area contributed by atoms with Crippen LogP contribution in [0.2, 0.25) is 0 Å². The van der Waals surface area contributed by atoms with Gasteiger partial charge in [-0.15, -0.1) is 0 Å². The van der Waals surface area contributed by atoms with Crippen LogP contribution in [0.4, 0.5) is 11.5 Å². The number of rotatable bonds is 6. The molecule has 9 nitrogen and oxygen atoms in total. The van der Waals surface area contributed by atoms with E-state index >= 15 is 0 Å². The van der Waals surface area contributed by atoms with Crippen LogP contribution in [0.3, 0.4) is 0 Å². The van der Waals surface area contributed by atoms with E-state index < -0.39 is 15.3 Å². The van der Waals surface area contributed by atoms with Crippen LogP contribution in [0, 0.1) is 16.7 Å². The van der Waals surface area contributed by atoms with Crippen molar-refractivity contribution in [2.24, 2.45) is 5.41 Å². The molecule has 2 aromatic rings. The Morgan fingerprint density at radius 1 is 1.23 bits per heavy atom. The molecule has 1 amide bonds. The van der Waals surface area contributed by atoms with Gasteiger partial charge in [0, 0.05) is 36.7 Å². The maximum Gasteiger partial charge on any atom is 0.244 e. The first-order chi connectivity index (χ1) is 14.8. The number of sulfone groups is 1. The van der Waals surface area contributed by atoms with Crippen molar-refractivity contribution < 1.29 is 17.9 Å². The Kier molecular flexibility index (Phi) is 5.64. The number of carbonyl (C=O) groups is 1. The first-order valence-electron chi connectivity index (χ1n) is 10.00. The van der Waals surface area contributed by atoms with Crippen LogP contribution in [0.1, 0.15) is 18.5 Å². The highest BCUT2D eigenvalue weighted by atomic mass is 32.2. The number of morpholine rings is 1. The highest BCUT2D eigenvalue weighted by Crippen LogP contribution is 2.45. The Labute approximate surface area is 181 Å². The topological polar surface area (TPSA) is 125 Å². The van der Waals surface area contributed by atoms with E-state index in [0.29, 0.717) is 67.7 Å². The van der Waals surface area contributed by atoms with Gasteiger partial charge in [-0.3, -0.25) is 4.79 Å². The average Bonchev–Trinajstić information content (AvgIpc) is 3.55. The smallest absolute Gasteiger partial charge is 0.244 e. The number of hydrogen-bond donors (Lipinski definition) is 1. The molecule has 1 aromatic carbocycles. The van der Waals surface area contributed by atoms with Crippen molar-refractivity contribution in [1.82, 2.24) is 9.97 Å². The highest BCUT2D eigenvalue weighted by molar-refractivity contribution is 7.89. The molecule has 1 N–H and O–H groups in total. The summed E-state index contributed by atoms with van der Waals surface area (Å²) in [5.74, 6) is 0.610. The quantitative estimate of drug-likeness (QED) is 0.719. The van der Waals surface area contributed by atoms with Gasteiger partial charge in [-0.25, -0.2) is 18.4 Å². The van der Waals surface area contributed by atoms with E-state index in [1.807, 2.05) is 4.90 Å². The lowest BCUT2D eigenvalue weighted by Gasteiger charge is -2.28. The highest BCUT2D eigenvalue weighted by Gasteiger charge is 2.50. The van der Waals surface area contributed by atoms with Gasteiger partial charge >= 0.3 is 0 Å². The third-order valence-electron chi connectivity index (χ3n) is 5.31. The lowest BCUT2D eigenvalue weighted by Crippen LogP contribution is -2.37. The number of ether oxygens (including phenoxy) is 1. The molecule has 0 unspecified atom stereocenters. The van der Waals surface area contributed by atoms with Crippen molar-refractivity contribution in [3.8, 4) is 17.5 Å². The summed E-state index contributed by atoms with van der Waals surface area (Å²) in [6.07, 6.45) is 2.34. The Bertz CT molecular complexity index is 1130. The van der Waals surface area contributed by atoms with Gasteiger partial charge in [0.1, 0.15) is 11.2 Å². The predicted octanol–water partition coefficient (Wildman–Crippen LogP) is 1.77. The molecule has 2 aliphatic rings. The van der Waals surface area contributed by atoms with E-state index in [0.717, 1.165) is 0 Å². The minimum Gasteiger partial charge on any atom is -0.378 e. The zero-order valence-electron chi connectivity index (χ0n) is 17.2. The Morgan fingerprint density at radius 2 is 1.90 bits per heavy atom. The summed E-state index contributed by atoms with van der Waals surface area (Å²) in [5, 5.41) is 11.9. The number of anilines is 2. The molecule has 2 heterocycles. The van der Waals surface area contributed by atoms with Gasteiger partial charge in [0.05, 0.1) is 30.7 Å². The van der Waals surface area contributed by atoms with E-state index in [1.54, 1.807) is 30.3 Å². The molecule has 0 spiro atoms. The lowest BCUT2D eigenvalue weighted by atomic mass is 10.1. The van der Waals surface area contributed by atoms with Gasteiger partial charge in [-0.1, -0.05) is 0 Å². The van der Waals surface area contributed by atoms with Crippen molar-refractivity contribution in [1.29, 1.82) is 5.26 Å². The second-order valence-electron chi connectivity index (χ2n) is 7.94. The van der Waals surface area contributed by atoms with E-state index in [4.69, 9.17) is 10.00 Å². The van der Waals surface area contributed by atoms with Gasteiger partial charge < -0.3 is 15.0 Å². The number of amides is 1. The Balaban J connectivity index is 1.60. The van der Waals surface area contributed by atoms with E-state index in [9.17, 15) is 13.2 Å². The molecular weight excluding hydrogens is 418 g/mol. The Morgan fingerprint density at radius 3 is 2.48 bits per heavy atom. The first kappa shape index (κ1) is 21.2. The number of benzene rings is 1. The zero-order chi connectivity index (χ0) is 22.1. The molecule has 1 aliphatic carbocycles. The summed E-state index contributed by atoms with van der Waals surface area (Å²) in [6, 6.07) is 10.8. The van der Waals surface area contributed by atoms with Crippen LogP contribution in [0.25, 0.3) is 11.4 Å². The van der Waals surface area contributed by atoms with Crippen LogP contribution in [-0.2, 0) is 25.1 Å². The van der Waals surface area contributed by atoms with E-state index in [-0.39, 0.29) is 11.7 Å². The fourth-order valence-electron chi connectivity index (χ4n) is 3.38. The third-order valence-corrected chi connectivity index (χ3v) is 6.13. The van der Waals surface area contributed by atoms with Crippen LogP contribution in [-0.4, -0.2) is 56.9 Å². The summed E-state index contributed by atoms with van der Waals surface area (Å²) in [7, 11) is -3.26. The van der Waals surface area contributed by atoms with Crippen molar-refractivity contribution in [2.45, 2.75) is 18.6 Å². The van der Waals surface area contributed by atoms with E-state index in [1.165, 1.54) is 6.26 Å². The standard InChI is InChI=1S/C21H23N5O4S/c1-31(28,29)13-17-12-18(26-8-10-30-11-9-26)25-19(23-17)15-2-4-16(5-3-15)24-20(27)21(14-22)6-7-21/h2-5,12H,6-11,13H2,1H3,(H,24,27). The fraction of sp³-hybridized carbons (Fsp3) is 0.429. The molecule has 1 aliphatic heterocycles. The maximum absolute atomic E-state index is 12.2. The summed E-state index contributed by atoms with van der Waals surface area (Å²) in [4.78, 5) is 23.4. The van der Waals surface area contributed by atoms with Gasteiger partial charge in [-0.2, -0.15) is 5.26 Å². The number of nitrogens with one attached hydrogen (secondary N) is 1. The van der Waals surface area contributed by atoms with Crippen molar-refractivity contribution in [3.63, 3.8) is 0 Å². The molecule has 1 saturated carbocycles. The molecule has 0 radical (unpaired) electrons. The molecule has 10 heteroatoms. The van der Waals surface area contributed by atoms with Crippen LogP contribution >= 0.6 is 0 Å². The number of aromatic nitrogens is 2. The Hall–Kier alpha value is -3.03. The molecular formula is C21H23N5O4S. The summed E-state index contributed by atoms with van der Waals surface area (Å²) < 4.78 is 29.1. The molecule has 0 bridgehead atoms. The normalized spacial score (nSPS) is 17.6. The summed E-state index contributed by atoms with van der Waals surface area (Å²) >= 11 is 0. The fourth-order valence-corrected chi connectivity index (χ4v) is 4.06. The minimum absolute atomic E-state index is 0.176. The lowest BCUT2D eigenvalue weighted by molar-refractivity contribution is -0.119. The van der Waals surface area contributed by atoms with Gasteiger partial charge in [-0.05, 0) is 37.1 Å². The first-order valence-corrected chi connectivity index (χ1v) is 12.1. The monoisotopic (exact) mass is 441 g/mol. The second kappa shape index (κ2) is 8.24. The zero-order valence-corrected chi connectivity index (χ0v) is 18.0. The van der Waals surface area contributed by atoms with Gasteiger partial charge in [0.15, 0.2) is 15.7 Å². The molecule has 162 valence electrons. The van der Waals surface area contributed by atoms with E-state index in [2.05, 4.69) is 21.4 Å². The molecule has 31 heavy (non-hydrogen) atoms. The largest absolute Gasteiger partial charge is 0.378 e. The van der Waals surface area contributed by atoms with Gasteiger partial charge in [0.2, 0.25) is 5.91 Å². The average molecular weight is 442 g/mol. The number of nitriles is 1. The summed E-state index contributed by atoms with van der Waals surface area (Å²) in [6.45, 7) is 2.50. The van der Waals surface area contributed by atoms with Crippen molar-refractivity contribution in [2.75, 3.05) is 42.8 Å². The number of nitrogens with zero attached hydrogens (tertiary/aromatic N) is 4. The SMILES string of the molecule is CS(=O)(=O)Cc1cc(N2CCOCC2)nc(-c2ccc(NC(=O)C3(C#N)CC3)cc2)n1. The van der Waals surface area contributed by atoms with Crippen LogP contribution in [0.15, 0.2) is 30.3 Å². The van der Waals surface area contributed by atoms with Crippen LogP contribution in [0.5, 0.6) is 0 Å². The second-order valence-corrected chi connectivity index (χ2v) is 10.1. The van der Waals surface area contributed by atoms with Crippen LogP contribution < -0.4 is 10.2 Å². The van der Waals surface area contributed by atoms with Crippen molar-refractivity contribution in [3.05, 3.63) is 36.0 Å². The number of carbonyl (C=O) groups excluding carboxylic acids is 1. The molecule has 1 aromatic heterocycles. The molecule has 1 saturated heterocycles. The third kappa shape index (κ3) is 5.00. The van der Waals surface area contributed by atoms with Gasteiger partial charge in [0.25, 0.3) is 0 Å². The van der Waals surface area contributed by atoms with Crippen molar-refractivity contribution >= 4 is 27.2 Å². The molecule has 0 atom stereocenters. The minimum atomic E-state index is -3.26. The number of hydrogen-bond acceptors (Lipinski definition) is 8.